The fourth-order valence-electron chi connectivity index (χ4n) is 2.64. The molecule has 8 heteroatoms. The van der Waals surface area contributed by atoms with E-state index in [0.29, 0.717) is 0 Å². The van der Waals surface area contributed by atoms with Crippen LogP contribution < -0.4 is 9.80 Å². The molecular weight excluding hydrogens is 280 g/mol. The Morgan fingerprint density at radius 1 is 0.955 bits per heavy atom. The summed E-state index contributed by atoms with van der Waals surface area (Å²) >= 11 is 0. The molecule has 0 bridgehead atoms. The summed E-state index contributed by atoms with van der Waals surface area (Å²) in [5.74, 6) is 1.67. The Bertz CT molecular complexity index is 773. The van der Waals surface area contributed by atoms with Crippen molar-refractivity contribution < 1.29 is 0 Å². The van der Waals surface area contributed by atoms with Crippen LogP contribution in [0.25, 0.3) is 5.65 Å². The van der Waals surface area contributed by atoms with Crippen molar-refractivity contribution in [2.45, 2.75) is 6.92 Å². The predicted octanol–water partition coefficient (Wildman–Crippen LogP) is 0.549. The third-order valence-electron chi connectivity index (χ3n) is 3.83. The van der Waals surface area contributed by atoms with E-state index in [1.807, 2.05) is 29.9 Å². The van der Waals surface area contributed by atoms with Crippen molar-refractivity contribution in [2.24, 2.45) is 0 Å². The first-order chi connectivity index (χ1) is 10.8. The molecule has 0 aliphatic carbocycles. The van der Waals surface area contributed by atoms with Gasteiger partial charge in [-0.25, -0.2) is 15.0 Å². The lowest BCUT2D eigenvalue weighted by Gasteiger charge is -2.35. The lowest BCUT2D eigenvalue weighted by Crippen LogP contribution is -2.47. The summed E-state index contributed by atoms with van der Waals surface area (Å²) in [6, 6.07) is 0. The van der Waals surface area contributed by atoms with E-state index in [0.717, 1.165) is 49.2 Å². The zero-order chi connectivity index (χ0) is 14.9. The van der Waals surface area contributed by atoms with Crippen LogP contribution in [0.15, 0.2) is 31.1 Å². The van der Waals surface area contributed by atoms with Crippen molar-refractivity contribution in [3.05, 3.63) is 36.7 Å². The third-order valence-corrected chi connectivity index (χ3v) is 3.83. The molecule has 0 saturated carbocycles. The molecule has 0 amide bonds. The SMILES string of the molecule is Cc1cnc(N2CCN(c3nccn4cnnc34)CC2)nc1. The first-order valence-corrected chi connectivity index (χ1v) is 7.24. The van der Waals surface area contributed by atoms with E-state index in [-0.39, 0.29) is 0 Å². The van der Waals surface area contributed by atoms with E-state index in [1.165, 1.54) is 0 Å². The molecule has 4 rings (SSSR count). The lowest BCUT2D eigenvalue weighted by atomic mass is 10.3. The average Bonchev–Trinajstić information content (AvgIpc) is 3.04. The monoisotopic (exact) mass is 296 g/mol. The minimum atomic E-state index is 0.791. The third kappa shape index (κ3) is 2.22. The zero-order valence-electron chi connectivity index (χ0n) is 12.3. The van der Waals surface area contributed by atoms with Gasteiger partial charge in [0.15, 0.2) is 5.82 Å². The Hall–Kier alpha value is -2.77. The molecule has 1 aliphatic heterocycles. The summed E-state index contributed by atoms with van der Waals surface area (Å²) in [7, 11) is 0. The number of hydrogen-bond acceptors (Lipinski definition) is 7. The van der Waals surface area contributed by atoms with Crippen molar-refractivity contribution >= 4 is 17.4 Å². The van der Waals surface area contributed by atoms with Crippen LogP contribution in [0.1, 0.15) is 5.56 Å². The summed E-state index contributed by atoms with van der Waals surface area (Å²) in [5.41, 5.74) is 1.87. The van der Waals surface area contributed by atoms with Gasteiger partial charge < -0.3 is 9.80 Å². The van der Waals surface area contributed by atoms with Gasteiger partial charge in [-0.15, -0.1) is 10.2 Å². The van der Waals surface area contributed by atoms with Crippen LogP contribution >= 0.6 is 0 Å². The number of aryl methyl sites for hydroxylation is 1. The predicted molar refractivity (Wildman–Crippen MR) is 82.0 cm³/mol. The van der Waals surface area contributed by atoms with Gasteiger partial charge >= 0.3 is 0 Å². The number of rotatable bonds is 2. The minimum Gasteiger partial charge on any atom is -0.350 e. The van der Waals surface area contributed by atoms with Gasteiger partial charge in [0.1, 0.15) is 6.33 Å². The topological polar surface area (TPSA) is 75.3 Å². The van der Waals surface area contributed by atoms with Crippen molar-refractivity contribution in [1.82, 2.24) is 29.5 Å². The summed E-state index contributed by atoms with van der Waals surface area (Å²) in [5, 5.41) is 8.09. The van der Waals surface area contributed by atoms with Crippen LogP contribution in [0, 0.1) is 6.92 Å². The van der Waals surface area contributed by atoms with E-state index in [4.69, 9.17) is 0 Å². The zero-order valence-corrected chi connectivity index (χ0v) is 12.3. The van der Waals surface area contributed by atoms with Crippen LogP contribution in [0.3, 0.4) is 0 Å². The van der Waals surface area contributed by atoms with Gasteiger partial charge in [-0.1, -0.05) is 0 Å². The summed E-state index contributed by atoms with van der Waals surface area (Å²) in [4.78, 5) is 17.7. The van der Waals surface area contributed by atoms with Crippen LogP contribution in [-0.4, -0.2) is 55.7 Å². The lowest BCUT2D eigenvalue weighted by molar-refractivity contribution is 0.634. The van der Waals surface area contributed by atoms with Crippen LogP contribution in [0.5, 0.6) is 0 Å². The minimum absolute atomic E-state index is 0.791. The normalized spacial score (nSPS) is 15.5. The Kier molecular flexibility index (Phi) is 3.06. The molecule has 0 spiro atoms. The molecule has 1 aliphatic rings. The number of anilines is 2. The second-order valence-corrected chi connectivity index (χ2v) is 5.35. The Morgan fingerprint density at radius 3 is 2.45 bits per heavy atom. The first kappa shape index (κ1) is 12.9. The molecule has 22 heavy (non-hydrogen) atoms. The largest absolute Gasteiger partial charge is 0.350 e. The standard InChI is InChI=1S/C14H16N8/c1-11-8-16-14(17-9-11)21-6-4-20(5-7-21)12-13-19-18-10-22(13)3-2-15-12/h2-3,8-10H,4-7H2,1H3. The number of aromatic nitrogens is 6. The molecule has 0 atom stereocenters. The van der Waals surface area contributed by atoms with E-state index in [1.54, 1.807) is 12.5 Å². The number of piperazine rings is 1. The highest BCUT2D eigenvalue weighted by atomic mass is 15.3. The molecule has 0 unspecified atom stereocenters. The van der Waals surface area contributed by atoms with Crippen molar-refractivity contribution in [2.75, 3.05) is 36.0 Å². The first-order valence-electron chi connectivity index (χ1n) is 7.24. The van der Waals surface area contributed by atoms with Gasteiger partial charge in [0, 0.05) is 51.0 Å². The smallest absolute Gasteiger partial charge is 0.225 e. The fraction of sp³-hybridized carbons (Fsp3) is 0.357. The van der Waals surface area contributed by atoms with Gasteiger partial charge in [0.05, 0.1) is 0 Å². The number of hydrogen-bond donors (Lipinski definition) is 0. The molecule has 3 aromatic heterocycles. The Labute approximate surface area is 127 Å². The second kappa shape index (κ2) is 5.21. The van der Waals surface area contributed by atoms with Gasteiger partial charge in [-0.3, -0.25) is 4.40 Å². The fourth-order valence-corrected chi connectivity index (χ4v) is 2.64. The van der Waals surface area contributed by atoms with Gasteiger partial charge in [0.25, 0.3) is 0 Å². The maximum Gasteiger partial charge on any atom is 0.225 e. The van der Waals surface area contributed by atoms with Crippen LogP contribution in [0.4, 0.5) is 11.8 Å². The highest BCUT2D eigenvalue weighted by molar-refractivity contribution is 5.63. The van der Waals surface area contributed by atoms with Crippen molar-refractivity contribution in [3.63, 3.8) is 0 Å². The second-order valence-electron chi connectivity index (χ2n) is 5.35. The van der Waals surface area contributed by atoms with E-state index in [9.17, 15) is 0 Å². The molecule has 4 heterocycles. The van der Waals surface area contributed by atoms with Gasteiger partial charge in [0.2, 0.25) is 11.6 Å². The van der Waals surface area contributed by atoms with E-state index in [2.05, 4.69) is 34.9 Å². The quantitative estimate of drug-likeness (QED) is 0.683. The highest BCUT2D eigenvalue weighted by Crippen LogP contribution is 2.19. The maximum absolute atomic E-state index is 4.46. The summed E-state index contributed by atoms with van der Waals surface area (Å²) in [6.07, 6.45) is 9.04. The Morgan fingerprint density at radius 2 is 1.68 bits per heavy atom. The summed E-state index contributed by atoms with van der Waals surface area (Å²) < 4.78 is 1.89. The molecule has 1 fully saturated rings. The molecular formula is C14H16N8. The molecule has 0 aromatic carbocycles. The molecule has 8 nitrogen and oxygen atoms in total. The molecule has 3 aromatic rings. The molecule has 1 saturated heterocycles. The molecule has 0 radical (unpaired) electrons. The summed E-state index contributed by atoms with van der Waals surface area (Å²) in [6.45, 7) is 5.43. The molecule has 112 valence electrons. The molecule has 0 N–H and O–H groups in total. The van der Waals surface area contributed by atoms with E-state index < -0.39 is 0 Å². The van der Waals surface area contributed by atoms with Crippen molar-refractivity contribution in [3.8, 4) is 0 Å². The highest BCUT2D eigenvalue weighted by Gasteiger charge is 2.22. The van der Waals surface area contributed by atoms with Crippen LogP contribution in [-0.2, 0) is 0 Å². The Balaban J connectivity index is 1.52. The van der Waals surface area contributed by atoms with Gasteiger partial charge in [-0.05, 0) is 12.5 Å². The average molecular weight is 296 g/mol. The van der Waals surface area contributed by atoms with E-state index >= 15 is 0 Å². The number of fused-ring (bicyclic) bond motifs is 1. The van der Waals surface area contributed by atoms with Gasteiger partial charge in [-0.2, -0.15) is 0 Å². The number of nitrogens with zero attached hydrogens (tertiary/aromatic N) is 8. The maximum atomic E-state index is 4.46. The van der Waals surface area contributed by atoms with Crippen LogP contribution in [0.2, 0.25) is 0 Å². The van der Waals surface area contributed by atoms with Crippen molar-refractivity contribution in [1.29, 1.82) is 0 Å².